The van der Waals surface area contributed by atoms with Crippen molar-refractivity contribution in [2.24, 2.45) is 0 Å². The van der Waals surface area contributed by atoms with Gasteiger partial charge in [0.2, 0.25) is 5.82 Å². The first-order valence-electron chi connectivity index (χ1n) is 12.3. The molecule has 200 valence electrons. The van der Waals surface area contributed by atoms with Crippen molar-refractivity contribution in [1.82, 2.24) is 25.2 Å². The highest BCUT2D eigenvalue weighted by Gasteiger charge is 2.32. The van der Waals surface area contributed by atoms with Gasteiger partial charge in [0.15, 0.2) is 0 Å². The van der Waals surface area contributed by atoms with E-state index in [1.54, 1.807) is 42.6 Å². The number of aliphatic hydroxyl groups is 1. The number of rotatable bonds is 10. The van der Waals surface area contributed by atoms with Crippen LogP contribution in [-0.4, -0.2) is 58.5 Å². The third kappa shape index (κ3) is 5.68. The largest absolute Gasteiger partial charge is 0.495 e. The predicted octanol–water partition coefficient (Wildman–Crippen LogP) is 3.74. The molecule has 0 saturated heterocycles. The molecule has 0 bridgehead atoms. The zero-order chi connectivity index (χ0) is 27.4. The quantitative estimate of drug-likeness (QED) is 0.325. The maximum atomic E-state index is 14.2. The summed E-state index contributed by atoms with van der Waals surface area (Å²) >= 11 is 0. The molecule has 0 saturated carbocycles. The number of methoxy groups -OCH3 is 1. The van der Waals surface area contributed by atoms with Crippen molar-refractivity contribution in [2.45, 2.75) is 51.2 Å². The Labute approximate surface area is 223 Å². The number of aliphatic hydroxyl groups excluding tert-OH is 1. The normalized spacial score (nSPS) is 12.5. The molecule has 1 atom stereocenters. The van der Waals surface area contributed by atoms with Gasteiger partial charge in [-0.15, -0.1) is 10.2 Å². The summed E-state index contributed by atoms with van der Waals surface area (Å²) in [5.41, 5.74) is 3.60. The lowest BCUT2D eigenvalue weighted by atomic mass is 9.98. The van der Waals surface area contributed by atoms with E-state index in [1.165, 1.54) is 16.2 Å². The van der Waals surface area contributed by atoms with E-state index >= 15 is 0 Å². The molecule has 2 aromatic carbocycles. The minimum atomic E-state index is -4.14. The number of ether oxygens (including phenoxy) is 1. The van der Waals surface area contributed by atoms with Crippen molar-refractivity contribution in [3.05, 3.63) is 77.5 Å². The molecule has 0 amide bonds. The number of hydrogen-bond donors (Lipinski definition) is 1. The topological polar surface area (TPSA) is 123 Å². The van der Waals surface area contributed by atoms with Crippen molar-refractivity contribution in [2.75, 3.05) is 18.0 Å². The second-order valence-electron chi connectivity index (χ2n) is 9.37. The number of anilines is 1. The summed E-state index contributed by atoms with van der Waals surface area (Å²) in [6.45, 7) is 7.48. The summed E-state index contributed by atoms with van der Waals surface area (Å²) in [6, 6.07) is 15.9. The zero-order valence-corrected chi connectivity index (χ0v) is 22.9. The highest BCUT2D eigenvalue weighted by Crippen LogP contribution is 2.35. The van der Waals surface area contributed by atoms with Gasteiger partial charge in [-0.25, -0.2) is 8.42 Å². The van der Waals surface area contributed by atoms with Gasteiger partial charge in [-0.2, -0.15) is 4.80 Å². The summed E-state index contributed by atoms with van der Waals surface area (Å²) in [4.78, 5) is 5.49. The van der Waals surface area contributed by atoms with Crippen LogP contribution in [0.15, 0.2) is 65.7 Å². The number of nitrogens with zero attached hydrogens (tertiary/aromatic N) is 6. The molecule has 1 N–H and O–H groups in total. The number of hydrogen-bond acceptors (Lipinski definition) is 8. The van der Waals surface area contributed by atoms with Crippen molar-refractivity contribution >= 4 is 15.7 Å². The van der Waals surface area contributed by atoms with E-state index in [9.17, 15) is 13.5 Å². The summed E-state index contributed by atoms with van der Waals surface area (Å²) in [7, 11) is -2.69. The van der Waals surface area contributed by atoms with Crippen molar-refractivity contribution in [3.8, 4) is 17.3 Å². The highest BCUT2D eigenvalue weighted by atomic mass is 32.2. The Hall–Kier alpha value is -3.83. The SMILES string of the molecule is COc1cc(C)c(C(C)C)cc1S(=O)(=O)N(CC(O)Cn1nnc(-c2ccccn2)n1)c1ccccc1C. The fourth-order valence-corrected chi connectivity index (χ4v) is 6.05. The molecule has 0 fully saturated rings. The second kappa shape index (κ2) is 11.3. The van der Waals surface area contributed by atoms with Gasteiger partial charge >= 0.3 is 0 Å². The Balaban J connectivity index is 1.70. The third-order valence-corrected chi connectivity index (χ3v) is 8.02. The Morgan fingerprint density at radius 1 is 1.05 bits per heavy atom. The Kier molecular flexibility index (Phi) is 8.08. The van der Waals surface area contributed by atoms with Gasteiger partial charge in [0.05, 0.1) is 32.0 Å². The molecule has 1 unspecified atom stereocenters. The Morgan fingerprint density at radius 3 is 2.45 bits per heavy atom. The van der Waals surface area contributed by atoms with Crippen LogP contribution in [0.3, 0.4) is 0 Å². The van der Waals surface area contributed by atoms with E-state index < -0.39 is 16.1 Å². The smallest absolute Gasteiger partial charge is 0.268 e. The van der Waals surface area contributed by atoms with Crippen LogP contribution in [0.1, 0.15) is 36.5 Å². The summed E-state index contributed by atoms with van der Waals surface area (Å²) in [5, 5.41) is 23.3. The molecule has 0 aliphatic carbocycles. The lowest BCUT2D eigenvalue weighted by Gasteiger charge is -2.29. The molecule has 38 heavy (non-hydrogen) atoms. The molecular weight excluding hydrogens is 504 g/mol. The third-order valence-electron chi connectivity index (χ3n) is 6.22. The maximum absolute atomic E-state index is 14.2. The van der Waals surface area contributed by atoms with Crippen LogP contribution >= 0.6 is 0 Å². The summed E-state index contributed by atoms with van der Waals surface area (Å²) in [5.74, 6) is 0.670. The van der Waals surface area contributed by atoms with Gasteiger partial charge in [-0.3, -0.25) is 9.29 Å². The standard InChI is InChI=1S/C27H32N6O4S/c1-18(2)22-15-26(25(37-5)14-20(22)4)38(35,36)32(24-12-7-6-10-19(24)3)16-21(34)17-33-30-27(29-31-33)23-11-8-9-13-28-23/h6-15,18,21,34H,16-17H2,1-5H3. The molecule has 2 aromatic heterocycles. The maximum Gasteiger partial charge on any atom is 0.268 e. The fourth-order valence-electron chi connectivity index (χ4n) is 4.30. The van der Waals surface area contributed by atoms with E-state index in [2.05, 4.69) is 20.4 Å². The van der Waals surface area contributed by atoms with Crippen LogP contribution in [0, 0.1) is 13.8 Å². The Morgan fingerprint density at radius 2 is 1.79 bits per heavy atom. The molecule has 0 aliphatic heterocycles. The summed E-state index contributed by atoms with van der Waals surface area (Å²) in [6.07, 6.45) is 0.482. The monoisotopic (exact) mass is 536 g/mol. The molecule has 0 spiro atoms. The van der Waals surface area contributed by atoms with Gasteiger partial charge in [0.25, 0.3) is 10.0 Å². The van der Waals surface area contributed by atoms with Crippen molar-refractivity contribution in [1.29, 1.82) is 0 Å². The van der Waals surface area contributed by atoms with Crippen LogP contribution < -0.4 is 9.04 Å². The first kappa shape index (κ1) is 27.2. The van der Waals surface area contributed by atoms with E-state index in [1.807, 2.05) is 45.9 Å². The van der Waals surface area contributed by atoms with Crippen molar-refractivity contribution < 1.29 is 18.3 Å². The molecule has 2 heterocycles. The number of tetrazole rings is 1. The molecule has 4 rings (SSSR count). The van der Waals surface area contributed by atoms with E-state index in [-0.39, 0.29) is 29.7 Å². The first-order valence-corrected chi connectivity index (χ1v) is 13.7. The second-order valence-corrected chi connectivity index (χ2v) is 11.2. The lowest BCUT2D eigenvalue weighted by molar-refractivity contribution is 0.151. The Bertz CT molecular complexity index is 1510. The van der Waals surface area contributed by atoms with Crippen LogP contribution in [0.5, 0.6) is 5.75 Å². The van der Waals surface area contributed by atoms with Crippen LogP contribution in [0.25, 0.3) is 11.5 Å². The van der Waals surface area contributed by atoms with Gasteiger partial charge in [-0.1, -0.05) is 38.1 Å². The summed E-state index contributed by atoms with van der Waals surface area (Å²) < 4.78 is 35.1. The number of pyridine rings is 1. The minimum Gasteiger partial charge on any atom is -0.495 e. The molecule has 10 nitrogen and oxygen atoms in total. The van der Waals surface area contributed by atoms with Gasteiger partial charge in [-0.05, 0) is 72.0 Å². The number of para-hydroxylation sites is 1. The molecule has 0 radical (unpaired) electrons. The average molecular weight is 537 g/mol. The lowest BCUT2D eigenvalue weighted by Crippen LogP contribution is -2.40. The fraction of sp³-hybridized carbons (Fsp3) is 0.333. The molecular formula is C27H32N6O4S. The molecule has 4 aromatic rings. The number of sulfonamides is 1. The van der Waals surface area contributed by atoms with Crippen LogP contribution in [0.4, 0.5) is 5.69 Å². The minimum absolute atomic E-state index is 0.0427. The van der Waals surface area contributed by atoms with Crippen molar-refractivity contribution in [3.63, 3.8) is 0 Å². The average Bonchev–Trinajstić information content (AvgIpc) is 3.36. The van der Waals surface area contributed by atoms with Gasteiger partial charge in [0, 0.05) is 6.20 Å². The number of aryl methyl sites for hydroxylation is 2. The van der Waals surface area contributed by atoms with E-state index in [0.29, 0.717) is 17.2 Å². The van der Waals surface area contributed by atoms with E-state index in [0.717, 1.165) is 16.7 Å². The van der Waals surface area contributed by atoms with Crippen LogP contribution in [0.2, 0.25) is 0 Å². The van der Waals surface area contributed by atoms with Gasteiger partial charge in [0.1, 0.15) is 16.3 Å². The first-order chi connectivity index (χ1) is 18.1. The highest BCUT2D eigenvalue weighted by molar-refractivity contribution is 7.93. The predicted molar refractivity (Wildman–Crippen MR) is 145 cm³/mol. The van der Waals surface area contributed by atoms with Gasteiger partial charge < -0.3 is 9.84 Å². The molecule has 0 aliphatic rings. The molecule has 11 heteroatoms. The number of benzene rings is 2. The van der Waals surface area contributed by atoms with Crippen LogP contribution in [-0.2, 0) is 16.6 Å². The zero-order valence-electron chi connectivity index (χ0n) is 22.1. The number of aromatic nitrogens is 5. The van der Waals surface area contributed by atoms with E-state index in [4.69, 9.17) is 4.74 Å².